The molecule has 0 amide bonds. The molecule has 0 aromatic heterocycles. The number of rotatable bonds is 6. The minimum absolute atomic E-state index is 0.297. The van der Waals surface area contributed by atoms with Gasteiger partial charge >= 0.3 is 0 Å². The molecule has 1 saturated carbocycles. The van der Waals surface area contributed by atoms with Gasteiger partial charge in [0, 0.05) is 6.61 Å². The van der Waals surface area contributed by atoms with Crippen molar-refractivity contribution in [3.05, 3.63) is 0 Å². The molecule has 5 atom stereocenters. The van der Waals surface area contributed by atoms with Crippen molar-refractivity contribution in [1.29, 1.82) is 0 Å². The SMILES string of the molecule is C[C@H](CC[C@H]1O[C@H]2CC(C)(C)C(C)(C)[C@H]2[C@@H]1C)CO[Si](C)(C)C(C)(C)C. The van der Waals surface area contributed by atoms with Crippen molar-refractivity contribution < 1.29 is 9.16 Å². The Bertz CT molecular complexity index is 489. The zero-order valence-electron chi connectivity index (χ0n) is 19.5. The summed E-state index contributed by atoms with van der Waals surface area (Å²) in [5, 5.41) is 0.297. The first-order valence-corrected chi connectivity index (χ1v) is 13.8. The first kappa shape index (κ1) is 22.4. The van der Waals surface area contributed by atoms with Crippen LogP contribution in [0.25, 0.3) is 0 Å². The van der Waals surface area contributed by atoms with Gasteiger partial charge in [-0.2, -0.15) is 0 Å². The van der Waals surface area contributed by atoms with Crippen molar-refractivity contribution in [2.45, 2.75) is 112 Å². The lowest BCUT2D eigenvalue weighted by molar-refractivity contribution is 0.0121. The Morgan fingerprint density at radius 1 is 1.15 bits per heavy atom. The van der Waals surface area contributed by atoms with E-state index < -0.39 is 8.32 Å². The van der Waals surface area contributed by atoms with Gasteiger partial charge in [-0.25, -0.2) is 0 Å². The maximum atomic E-state index is 6.59. The standard InChI is InChI=1S/C23H46O2Si/c1-16(15-24-26(10,11)21(3,4)5)12-13-18-17(2)20-19(25-18)14-22(6,7)23(20,8)9/h16-20H,12-15H2,1-11H3/t16-,17-,18-,19+,20+/m1/s1. The van der Waals surface area contributed by atoms with E-state index in [0.29, 0.717) is 45.8 Å². The Hall–Kier alpha value is 0.137. The van der Waals surface area contributed by atoms with E-state index in [1.807, 2.05) is 0 Å². The Kier molecular flexibility index (Phi) is 6.20. The summed E-state index contributed by atoms with van der Waals surface area (Å²) >= 11 is 0. The first-order valence-electron chi connectivity index (χ1n) is 10.9. The molecule has 2 fully saturated rings. The summed E-state index contributed by atoms with van der Waals surface area (Å²) in [7, 11) is -1.63. The van der Waals surface area contributed by atoms with Crippen LogP contribution in [0.4, 0.5) is 0 Å². The van der Waals surface area contributed by atoms with Crippen LogP contribution in [0, 0.1) is 28.6 Å². The predicted octanol–water partition coefficient (Wildman–Crippen LogP) is 6.90. The van der Waals surface area contributed by atoms with E-state index in [4.69, 9.17) is 9.16 Å². The van der Waals surface area contributed by atoms with Gasteiger partial charge in [0.05, 0.1) is 12.2 Å². The largest absolute Gasteiger partial charge is 0.417 e. The molecule has 1 heterocycles. The summed E-state index contributed by atoms with van der Waals surface area (Å²) in [5.74, 6) is 2.00. The molecule has 0 spiro atoms. The molecule has 2 aliphatic rings. The predicted molar refractivity (Wildman–Crippen MR) is 115 cm³/mol. The van der Waals surface area contributed by atoms with Gasteiger partial charge in [-0.15, -0.1) is 0 Å². The summed E-state index contributed by atoms with van der Waals surface area (Å²) in [6, 6.07) is 0. The van der Waals surface area contributed by atoms with Crippen molar-refractivity contribution in [2.75, 3.05) is 6.61 Å². The van der Waals surface area contributed by atoms with E-state index >= 15 is 0 Å². The van der Waals surface area contributed by atoms with Crippen LogP contribution in [0.1, 0.15) is 81.6 Å². The van der Waals surface area contributed by atoms with Crippen LogP contribution in [0.2, 0.25) is 18.1 Å². The van der Waals surface area contributed by atoms with Crippen LogP contribution in [-0.2, 0) is 9.16 Å². The van der Waals surface area contributed by atoms with E-state index in [1.165, 1.54) is 19.3 Å². The van der Waals surface area contributed by atoms with Gasteiger partial charge in [-0.1, -0.05) is 62.3 Å². The van der Waals surface area contributed by atoms with E-state index in [2.05, 4.69) is 75.4 Å². The Morgan fingerprint density at radius 2 is 1.73 bits per heavy atom. The van der Waals surface area contributed by atoms with Crippen molar-refractivity contribution in [2.24, 2.45) is 28.6 Å². The lowest BCUT2D eigenvalue weighted by Crippen LogP contribution is -2.41. The third-order valence-electron chi connectivity index (χ3n) is 8.67. The fourth-order valence-electron chi connectivity index (χ4n) is 4.95. The molecule has 0 bridgehead atoms. The second-order valence-electron chi connectivity index (χ2n) is 12.2. The highest BCUT2D eigenvalue weighted by atomic mass is 28.4. The summed E-state index contributed by atoms with van der Waals surface area (Å²) in [6.45, 7) is 27.1. The molecule has 1 aliphatic carbocycles. The minimum atomic E-state index is -1.63. The van der Waals surface area contributed by atoms with Gasteiger partial charge in [-0.3, -0.25) is 0 Å². The molecule has 0 N–H and O–H groups in total. The zero-order chi connectivity index (χ0) is 20.1. The maximum Gasteiger partial charge on any atom is 0.191 e. The van der Waals surface area contributed by atoms with Gasteiger partial charge in [0.2, 0.25) is 0 Å². The molecule has 1 saturated heterocycles. The van der Waals surface area contributed by atoms with Gasteiger partial charge in [-0.05, 0) is 66.0 Å². The van der Waals surface area contributed by atoms with Crippen LogP contribution < -0.4 is 0 Å². The fourth-order valence-corrected chi connectivity index (χ4v) is 6.08. The maximum absolute atomic E-state index is 6.59. The van der Waals surface area contributed by atoms with Crippen molar-refractivity contribution in [3.8, 4) is 0 Å². The molecule has 2 rings (SSSR count). The second kappa shape index (κ2) is 7.19. The Labute approximate surface area is 164 Å². The summed E-state index contributed by atoms with van der Waals surface area (Å²) in [6.07, 6.45) is 4.53. The Morgan fingerprint density at radius 3 is 2.23 bits per heavy atom. The molecule has 154 valence electrons. The lowest BCUT2D eigenvalue weighted by atomic mass is 9.63. The van der Waals surface area contributed by atoms with E-state index in [0.717, 1.165) is 6.61 Å². The number of hydrogen-bond acceptors (Lipinski definition) is 2. The van der Waals surface area contributed by atoms with Gasteiger partial charge in [0.25, 0.3) is 0 Å². The molecule has 26 heavy (non-hydrogen) atoms. The van der Waals surface area contributed by atoms with E-state index in [9.17, 15) is 0 Å². The van der Waals surface area contributed by atoms with E-state index in [-0.39, 0.29) is 0 Å². The van der Waals surface area contributed by atoms with Gasteiger partial charge < -0.3 is 9.16 Å². The van der Waals surface area contributed by atoms with Crippen LogP contribution >= 0.6 is 0 Å². The quantitative estimate of drug-likeness (QED) is 0.465. The Balaban J connectivity index is 1.85. The number of fused-ring (bicyclic) bond motifs is 1. The average Bonchev–Trinajstić information content (AvgIpc) is 2.85. The molecule has 2 nitrogen and oxygen atoms in total. The summed E-state index contributed by atoms with van der Waals surface area (Å²) in [5.41, 5.74) is 0.745. The normalized spacial score (nSPS) is 34.7. The third-order valence-corrected chi connectivity index (χ3v) is 13.2. The minimum Gasteiger partial charge on any atom is -0.417 e. The smallest absolute Gasteiger partial charge is 0.191 e. The van der Waals surface area contributed by atoms with Crippen molar-refractivity contribution in [3.63, 3.8) is 0 Å². The van der Waals surface area contributed by atoms with Crippen LogP contribution in [0.3, 0.4) is 0 Å². The van der Waals surface area contributed by atoms with Crippen molar-refractivity contribution in [1.82, 2.24) is 0 Å². The number of hydrogen-bond donors (Lipinski definition) is 0. The lowest BCUT2D eigenvalue weighted by Gasteiger charge is -2.41. The molecule has 1 aliphatic heterocycles. The van der Waals surface area contributed by atoms with Crippen LogP contribution in [0.5, 0.6) is 0 Å². The average molecular weight is 383 g/mol. The summed E-state index contributed by atoms with van der Waals surface area (Å²) in [4.78, 5) is 0. The molecule has 0 unspecified atom stereocenters. The first-order chi connectivity index (χ1) is 11.6. The molecular weight excluding hydrogens is 336 g/mol. The van der Waals surface area contributed by atoms with Crippen molar-refractivity contribution >= 4 is 8.32 Å². The molecular formula is C23H46O2Si. The zero-order valence-corrected chi connectivity index (χ0v) is 20.5. The highest BCUT2D eigenvalue weighted by Gasteiger charge is 2.60. The highest BCUT2D eigenvalue weighted by Crippen LogP contribution is 2.62. The second-order valence-corrected chi connectivity index (χ2v) is 17.0. The summed E-state index contributed by atoms with van der Waals surface area (Å²) < 4.78 is 13.0. The molecule has 0 radical (unpaired) electrons. The van der Waals surface area contributed by atoms with Gasteiger partial charge in [0.1, 0.15) is 0 Å². The van der Waals surface area contributed by atoms with E-state index in [1.54, 1.807) is 0 Å². The molecule has 0 aromatic rings. The molecule has 0 aromatic carbocycles. The van der Waals surface area contributed by atoms with Crippen LogP contribution in [0.15, 0.2) is 0 Å². The molecule has 3 heteroatoms. The third kappa shape index (κ3) is 4.10. The topological polar surface area (TPSA) is 18.5 Å². The number of ether oxygens (including phenoxy) is 1. The van der Waals surface area contributed by atoms with Gasteiger partial charge in [0.15, 0.2) is 8.32 Å². The monoisotopic (exact) mass is 382 g/mol. The fraction of sp³-hybridized carbons (Fsp3) is 1.00. The highest BCUT2D eigenvalue weighted by molar-refractivity contribution is 6.74. The van der Waals surface area contributed by atoms with Crippen LogP contribution in [-0.4, -0.2) is 27.1 Å².